The Balaban J connectivity index is 0.996. The van der Waals surface area contributed by atoms with Gasteiger partial charge in [0.15, 0.2) is 58.6 Å². The number of nitrogens with zero attached hydrogens (tertiary/aromatic N) is 8. The molecule has 4 N–H and O–H groups in total. The highest BCUT2D eigenvalue weighted by molar-refractivity contribution is 7.33. The number of imidazole rings is 2. The molecule has 2 aliphatic heterocycles. The number of benzene rings is 2. The highest BCUT2D eigenvalue weighted by atomic mass is 31.1. The van der Waals surface area contributed by atoms with Crippen LogP contribution in [0.3, 0.4) is 0 Å². The second-order valence-corrected chi connectivity index (χ2v) is 13.2. The number of nitrogens with one attached hydrogen (secondary N) is 2. The van der Waals surface area contributed by atoms with Gasteiger partial charge in [-0.1, -0.05) is 36.4 Å². The van der Waals surface area contributed by atoms with Crippen molar-refractivity contribution in [2.75, 3.05) is 23.8 Å². The van der Waals surface area contributed by atoms with Gasteiger partial charge in [-0.2, -0.15) is 0 Å². The first-order valence-electron chi connectivity index (χ1n) is 16.8. The normalized spacial score (nSPS) is 22.5. The van der Waals surface area contributed by atoms with E-state index in [-0.39, 0.29) is 60.5 Å². The van der Waals surface area contributed by atoms with Crippen molar-refractivity contribution in [2.24, 2.45) is 0 Å². The number of carbonyl (C=O) groups is 2. The summed E-state index contributed by atoms with van der Waals surface area (Å²) in [7, 11) is -2.85. The van der Waals surface area contributed by atoms with Gasteiger partial charge in [-0.15, -0.1) is 9.05 Å². The summed E-state index contributed by atoms with van der Waals surface area (Å²) in [5.41, 5.74) is 2.00. The standard InChI is InChI=1S/C34H31N10O9P/c45-13-21-11-23(33(50-21)43-17-39-25-27(35-15-37-29(25)43)41-31(47)19-7-3-1-4-8-19)52-54(49)53-24-12-22(14-46)51-34(24)44-18-40-26-28(36-16-38-30(26)44)42-32(48)20-9-5-2-6-10-20/h1-10,15-18,21-24,33-34,45-46H,11-14H2,(H-,35,36,37,38,41,42,47,48)/p+1/t21-,22-,23+,24+,33+,34+/m0/s1. The van der Waals surface area contributed by atoms with Crippen LogP contribution >= 0.6 is 8.25 Å². The quantitative estimate of drug-likeness (QED) is 0.131. The first-order chi connectivity index (χ1) is 26.4. The highest BCUT2D eigenvalue weighted by Crippen LogP contribution is 2.44. The smallest absolute Gasteiger partial charge is 0.394 e. The number of fused-ring (bicyclic) bond motifs is 2. The largest absolute Gasteiger partial charge is 0.698 e. The third-order valence-corrected chi connectivity index (χ3v) is 9.83. The zero-order valence-electron chi connectivity index (χ0n) is 28.2. The fourth-order valence-electron chi connectivity index (χ4n) is 6.39. The Morgan fingerprint density at radius 2 is 1.11 bits per heavy atom. The Hall–Kier alpha value is -5.66. The molecule has 2 aliphatic rings. The molecule has 0 bridgehead atoms. The predicted octanol–water partition coefficient (Wildman–Crippen LogP) is 3.16. The van der Waals surface area contributed by atoms with Gasteiger partial charge in [0.25, 0.3) is 11.8 Å². The van der Waals surface area contributed by atoms with E-state index >= 15 is 0 Å². The summed E-state index contributed by atoms with van der Waals surface area (Å²) >= 11 is 0. The molecule has 4 aromatic heterocycles. The van der Waals surface area contributed by atoms with Crippen LogP contribution in [-0.4, -0.2) is 98.7 Å². The molecule has 276 valence electrons. The van der Waals surface area contributed by atoms with Crippen LogP contribution < -0.4 is 10.6 Å². The SMILES string of the molecule is O=C(Nc1ncnc2c1ncn2[C@@H]1O[C@H](CO)C[C@H]1O[P+](=O)O[C@@H]1C[C@@H](CO)O[C@H]1n1cnc2c(NC(=O)c3ccccc3)ncnc21)c1ccccc1. The van der Waals surface area contributed by atoms with E-state index in [2.05, 4.69) is 40.5 Å². The minimum Gasteiger partial charge on any atom is -0.394 e. The lowest BCUT2D eigenvalue weighted by Gasteiger charge is -2.18. The van der Waals surface area contributed by atoms with Crippen LogP contribution in [0.5, 0.6) is 0 Å². The second-order valence-electron chi connectivity index (χ2n) is 12.4. The van der Waals surface area contributed by atoms with Crippen LogP contribution in [0.2, 0.25) is 0 Å². The number of ether oxygens (including phenoxy) is 2. The van der Waals surface area contributed by atoms with Crippen LogP contribution in [0.25, 0.3) is 22.3 Å². The molecule has 2 amide bonds. The molecule has 8 rings (SSSR count). The summed E-state index contributed by atoms with van der Waals surface area (Å²) in [4.78, 5) is 51.6. The summed E-state index contributed by atoms with van der Waals surface area (Å²) in [6.45, 7) is -0.678. The number of anilines is 2. The maximum absolute atomic E-state index is 13.6. The molecule has 0 saturated carbocycles. The van der Waals surface area contributed by atoms with E-state index in [9.17, 15) is 24.4 Å². The van der Waals surface area contributed by atoms with Gasteiger partial charge in [-0.3, -0.25) is 18.7 Å². The van der Waals surface area contributed by atoms with Crippen LogP contribution in [0.15, 0.2) is 86.0 Å². The topological polar surface area (TPSA) is 240 Å². The zero-order valence-corrected chi connectivity index (χ0v) is 29.0. The molecule has 6 atom stereocenters. The van der Waals surface area contributed by atoms with Gasteiger partial charge in [0.2, 0.25) is 0 Å². The molecule has 0 aliphatic carbocycles. The molecule has 54 heavy (non-hydrogen) atoms. The minimum absolute atomic E-state index is 0.151. The fourth-order valence-corrected chi connectivity index (χ4v) is 7.26. The molecule has 0 radical (unpaired) electrons. The number of hydrogen-bond donors (Lipinski definition) is 4. The minimum atomic E-state index is -2.85. The molecule has 0 spiro atoms. The number of aliphatic hydroxyl groups excluding tert-OH is 2. The van der Waals surface area contributed by atoms with Gasteiger partial charge < -0.3 is 30.3 Å². The molecular weight excluding hydrogens is 723 g/mol. The average Bonchev–Trinajstić information content (AvgIpc) is 4.01. The second kappa shape index (κ2) is 15.4. The lowest BCUT2D eigenvalue weighted by molar-refractivity contribution is -0.0538. The molecule has 6 aromatic rings. The highest BCUT2D eigenvalue weighted by Gasteiger charge is 2.48. The fraction of sp³-hybridized carbons (Fsp3) is 0.294. The maximum Gasteiger partial charge on any atom is 0.698 e. The first kappa shape index (κ1) is 35.4. The van der Waals surface area contributed by atoms with E-state index in [1.165, 1.54) is 25.3 Å². The third kappa shape index (κ3) is 7.04. The van der Waals surface area contributed by atoms with E-state index in [1.807, 2.05) is 0 Å². The average molecular weight is 756 g/mol. The van der Waals surface area contributed by atoms with Crippen LogP contribution in [0.1, 0.15) is 46.0 Å². The molecular formula is C34H32N10O9P+. The van der Waals surface area contributed by atoms with Crippen molar-refractivity contribution in [1.82, 2.24) is 39.0 Å². The summed E-state index contributed by atoms with van der Waals surface area (Å²) in [6, 6.07) is 17.2. The number of rotatable bonds is 12. The lowest BCUT2D eigenvalue weighted by atomic mass is 10.2. The molecule has 19 nitrogen and oxygen atoms in total. The Morgan fingerprint density at radius 1 is 0.685 bits per heavy atom. The van der Waals surface area contributed by atoms with Crippen molar-refractivity contribution in [3.63, 3.8) is 0 Å². The van der Waals surface area contributed by atoms with Crippen molar-refractivity contribution >= 4 is 54.0 Å². The van der Waals surface area contributed by atoms with Gasteiger partial charge in [0.1, 0.15) is 12.7 Å². The monoisotopic (exact) mass is 755 g/mol. The predicted molar refractivity (Wildman–Crippen MR) is 188 cm³/mol. The number of aromatic nitrogens is 8. The third-order valence-electron chi connectivity index (χ3n) is 8.94. The van der Waals surface area contributed by atoms with Gasteiger partial charge in [0, 0.05) is 28.5 Å². The summed E-state index contributed by atoms with van der Waals surface area (Å²) in [5.74, 6) is -0.432. The van der Waals surface area contributed by atoms with Crippen molar-refractivity contribution < 1.29 is 42.9 Å². The van der Waals surface area contributed by atoms with Crippen molar-refractivity contribution in [3.8, 4) is 0 Å². The summed E-state index contributed by atoms with van der Waals surface area (Å²) in [5, 5.41) is 25.5. The van der Waals surface area contributed by atoms with Crippen LogP contribution in [0.4, 0.5) is 11.6 Å². The van der Waals surface area contributed by atoms with E-state index in [1.54, 1.807) is 69.8 Å². The maximum atomic E-state index is 13.6. The molecule has 2 saturated heterocycles. The molecule has 2 fully saturated rings. The van der Waals surface area contributed by atoms with Gasteiger partial charge in [0.05, 0.1) is 38.1 Å². The van der Waals surface area contributed by atoms with Crippen LogP contribution in [-0.2, 0) is 23.1 Å². The Labute approximate surface area is 306 Å². The molecule has 6 heterocycles. The number of carbonyl (C=O) groups excluding carboxylic acids is 2. The van der Waals surface area contributed by atoms with Gasteiger partial charge in [-0.05, 0) is 24.3 Å². The van der Waals surface area contributed by atoms with E-state index < -0.39 is 45.1 Å². The lowest BCUT2D eigenvalue weighted by Crippen LogP contribution is -2.23. The Bertz CT molecular complexity index is 2150. The van der Waals surface area contributed by atoms with E-state index in [0.717, 1.165) is 0 Å². The molecule has 2 aromatic carbocycles. The van der Waals surface area contributed by atoms with Gasteiger partial charge >= 0.3 is 8.25 Å². The van der Waals surface area contributed by atoms with Gasteiger partial charge in [-0.25, -0.2) is 29.9 Å². The summed E-state index contributed by atoms with van der Waals surface area (Å²) < 4.78 is 40.7. The zero-order chi connectivity index (χ0) is 37.2. The van der Waals surface area contributed by atoms with E-state index in [0.29, 0.717) is 22.4 Å². The number of hydrogen-bond acceptors (Lipinski definition) is 15. The van der Waals surface area contributed by atoms with Crippen molar-refractivity contribution in [1.29, 1.82) is 0 Å². The Morgan fingerprint density at radius 3 is 1.52 bits per heavy atom. The Kier molecular flexibility index (Phi) is 10.1. The number of aliphatic hydroxyl groups is 2. The summed E-state index contributed by atoms with van der Waals surface area (Å²) in [6.07, 6.45) is 0.678. The number of amides is 2. The van der Waals surface area contributed by atoms with Crippen LogP contribution in [0, 0.1) is 0 Å². The van der Waals surface area contributed by atoms with Crippen molar-refractivity contribution in [3.05, 3.63) is 97.1 Å². The first-order valence-corrected chi connectivity index (χ1v) is 17.9. The van der Waals surface area contributed by atoms with E-state index in [4.69, 9.17) is 18.5 Å². The molecule has 0 unspecified atom stereocenters. The molecule has 20 heteroatoms. The van der Waals surface area contributed by atoms with Crippen molar-refractivity contribution in [2.45, 2.75) is 49.7 Å².